The van der Waals surface area contributed by atoms with Gasteiger partial charge in [0.2, 0.25) is 0 Å². The van der Waals surface area contributed by atoms with E-state index < -0.39 is 39.4 Å². The molecule has 0 amide bonds. The maximum atomic E-state index is 13.7. The van der Waals surface area contributed by atoms with Crippen LogP contribution >= 0.6 is 8.60 Å². The zero-order chi connectivity index (χ0) is 34.1. The van der Waals surface area contributed by atoms with Gasteiger partial charge in [-0.25, -0.2) is 0 Å². The summed E-state index contributed by atoms with van der Waals surface area (Å²) in [4.78, 5) is 21.7. The fourth-order valence-corrected chi connectivity index (χ4v) is 5.87. The van der Waals surface area contributed by atoms with Crippen LogP contribution in [0.15, 0.2) is 24.3 Å². The third-order valence-corrected chi connectivity index (χ3v) is 8.20. The molecule has 0 saturated heterocycles. The standard InChI is InChI=1S/C35H56O4.H3O3P/c1-22-15-24(30(3,4)5)28(25(16-22)31(6,7)8)35(39,34(19-36,20-37)21-38)29-26(32(9,10)11)17-23(2)18-27(29)33(12,13)14;1-4(2)3/h15-18,36-39H,19-21H2,1-14H3;1-3H. The van der Waals surface area contributed by atoms with Crippen LogP contribution in [0, 0.1) is 19.3 Å². The largest absolute Gasteiger partial charge is 0.395 e. The summed E-state index contributed by atoms with van der Waals surface area (Å²) < 4.78 is 0. The van der Waals surface area contributed by atoms with E-state index in [0.29, 0.717) is 11.1 Å². The second kappa shape index (κ2) is 13.5. The fourth-order valence-electron chi connectivity index (χ4n) is 5.87. The fraction of sp³-hybridized carbons (Fsp3) is 0.657. The van der Waals surface area contributed by atoms with Crippen molar-refractivity contribution in [2.75, 3.05) is 19.8 Å². The van der Waals surface area contributed by atoms with E-state index in [0.717, 1.165) is 33.4 Å². The van der Waals surface area contributed by atoms with Gasteiger partial charge in [-0.1, -0.05) is 118 Å². The van der Waals surface area contributed by atoms with E-state index in [1.165, 1.54) is 0 Å². The quantitative estimate of drug-likeness (QED) is 0.200. The second-order valence-electron chi connectivity index (χ2n) is 16.2. The topological polar surface area (TPSA) is 142 Å². The summed E-state index contributed by atoms with van der Waals surface area (Å²) in [7, 11) is -2.62. The molecule has 0 heterocycles. The summed E-state index contributed by atoms with van der Waals surface area (Å²) >= 11 is 0. The number of hydrogen-bond acceptors (Lipinski definition) is 7. The molecule has 0 aliphatic heterocycles. The molecule has 0 spiro atoms. The molecule has 246 valence electrons. The Bertz CT molecular complexity index is 1070. The smallest absolute Gasteiger partial charge is 0.324 e. The molecule has 0 fully saturated rings. The minimum Gasteiger partial charge on any atom is -0.395 e. The maximum Gasteiger partial charge on any atom is 0.324 e. The van der Waals surface area contributed by atoms with Gasteiger partial charge in [0.25, 0.3) is 0 Å². The van der Waals surface area contributed by atoms with Crippen molar-refractivity contribution in [1.29, 1.82) is 0 Å². The molecule has 0 aliphatic carbocycles. The van der Waals surface area contributed by atoms with E-state index >= 15 is 0 Å². The first-order valence-electron chi connectivity index (χ1n) is 14.9. The molecule has 2 aromatic carbocycles. The van der Waals surface area contributed by atoms with Gasteiger partial charge in [-0.15, -0.1) is 0 Å². The van der Waals surface area contributed by atoms with E-state index in [9.17, 15) is 20.4 Å². The third-order valence-electron chi connectivity index (χ3n) is 8.20. The van der Waals surface area contributed by atoms with Crippen LogP contribution < -0.4 is 0 Å². The summed E-state index contributed by atoms with van der Waals surface area (Å²) in [6.07, 6.45) is 0. The lowest BCUT2D eigenvalue weighted by molar-refractivity contribution is -0.138. The first kappa shape index (κ1) is 39.6. The van der Waals surface area contributed by atoms with Crippen molar-refractivity contribution < 1.29 is 35.1 Å². The SMILES string of the molecule is Cc1cc(C(C)(C)C)c(C(O)(c2c(C(C)(C)C)cc(C)cc2C(C)(C)C)C(CO)(CO)CO)c(C(C)(C)C)c1.OP(O)O. The number of hydrogen-bond donors (Lipinski definition) is 7. The number of benzene rings is 2. The lowest BCUT2D eigenvalue weighted by Crippen LogP contribution is -2.57. The Morgan fingerprint density at radius 3 is 0.814 bits per heavy atom. The molecule has 0 atom stereocenters. The van der Waals surface area contributed by atoms with Crippen molar-refractivity contribution >= 4 is 8.60 Å². The van der Waals surface area contributed by atoms with Crippen molar-refractivity contribution in [2.24, 2.45) is 5.41 Å². The van der Waals surface area contributed by atoms with Crippen LogP contribution in [0.25, 0.3) is 0 Å². The lowest BCUT2D eigenvalue weighted by Gasteiger charge is -2.52. The van der Waals surface area contributed by atoms with E-state index in [-0.39, 0.29) is 21.7 Å². The Balaban J connectivity index is 0.00000217. The van der Waals surface area contributed by atoms with Crippen LogP contribution in [0.3, 0.4) is 0 Å². The molecule has 7 N–H and O–H groups in total. The molecule has 0 aliphatic rings. The lowest BCUT2D eigenvalue weighted by atomic mass is 9.56. The van der Waals surface area contributed by atoms with Gasteiger partial charge in [0, 0.05) is 0 Å². The highest BCUT2D eigenvalue weighted by Gasteiger charge is 2.57. The molecule has 2 rings (SSSR count). The maximum absolute atomic E-state index is 13.7. The van der Waals surface area contributed by atoms with Gasteiger partial charge in [0.1, 0.15) is 5.60 Å². The molecule has 8 heteroatoms. The Morgan fingerprint density at radius 2 is 0.674 bits per heavy atom. The van der Waals surface area contributed by atoms with E-state index in [1.54, 1.807) is 0 Å². The minimum absolute atomic E-state index is 0.379. The van der Waals surface area contributed by atoms with E-state index in [2.05, 4.69) is 121 Å². The van der Waals surface area contributed by atoms with Gasteiger partial charge in [0.05, 0.1) is 25.2 Å². The number of rotatable bonds is 6. The van der Waals surface area contributed by atoms with Crippen LogP contribution in [0.1, 0.15) is 128 Å². The van der Waals surface area contributed by atoms with Gasteiger partial charge in [-0.05, 0) is 68.9 Å². The predicted molar refractivity (Wildman–Crippen MR) is 177 cm³/mol. The average molecular weight is 623 g/mol. The summed E-state index contributed by atoms with van der Waals surface area (Å²) in [5.41, 5.74) is 2.15. The van der Waals surface area contributed by atoms with Crippen molar-refractivity contribution in [2.45, 2.75) is 124 Å². The first-order chi connectivity index (χ1) is 19.2. The van der Waals surface area contributed by atoms with Gasteiger partial charge in [-0.3, -0.25) is 0 Å². The third kappa shape index (κ3) is 8.45. The van der Waals surface area contributed by atoms with Gasteiger partial charge in [0.15, 0.2) is 0 Å². The first-order valence-corrected chi connectivity index (χ1v) is 16.1. The normalized spacial score (nSPS) is 13.7. The monoisotopic (exact) mass is 622 g/mol. The average Bonchev–Trinajstić information content (AvgIpc) is 2.81. The number of aliphatic hydroxyl groups excluding tert-OH is 3. The minimum atomic E-state index is -2.62. The van der Waals surface area contributed by atoms with Crippen molar-refractivity contribution in [1.82, 2.24) is 0 Å². The summed E-state index contributed by atoms with van der Waals surface area (Å²) in [6.45, 7) is 27.9. The van der Waals surface area contributed by atoms with Crippen molar-refractivity contribution in [3.8, 4) is 0 Å². The molecular formula is C35H59O7P. The van der Waals surface area contributed by atoms with Crippen molar-refractivity contribution in [3.05, 3.63) is 68.8 Å². The summed E-state index contributed by atoms with van der Waals surface area (Å²) in [5, 5.41) is 46.9. The molecule has 7 nitrogen and oxygen atoms in total. The Kier molecular flexibility index (Phi) is 12.5. The highest BCUT2D eigenvalue weighted by molar-refractivity contribution is 7.38. The van der Waals surface area contributed by atoms with Crippen LogP contribution in [-0.2, 0) is 27.3 Å². The van der Waals surface area contributed by atoms with Crippen LogP contribution in [0.5, 0.6) is 0 Å². The Labute approximate surface area is 261 Å². The Morgan fingerprint density at radius 1 is 0.488 bits per heavy atom. The summed E-state index contributed by atoms with van der Waals surface area (Å²) in [6, 6.07) is 8.48. The van der Waals surface area contributed by atoms with Crippen LogP contribution in [0.4, 0.5) is 0 Å². The molecule has 0 aromatic heterocycles. The zero-order valence-electron chi connectivity index (χ0n) is 29.0. The van der Waals surface area contributed by atoms with Crippen LogP contribution in [0.2, 0.25) is 0 Å². The van der Waals surface area contributed by atoms with Gasteiger partial charge < -0.3 is 35.1 Å². The van der Waals surface area contributed by atoms with Gasteiger partial charge in [-0.2, -0.15) is 0 Å². The van der Waals surface area contributed by atoms with E-state index in [1.807, 2.05) is 0 Å². The molecular weight excluding hydrogens is 563 g/mol. The van der Waals surface area contributed by atoms with Gasteiger partial charge >= 0.3 is 8.60 Å². The molecule has 0 saturated carbocycles. The zero-order valence-corrected chi connectivity index (χ0v) is 29.9. The highest BCUT2D eigenvalue weighted by Crippen LogP contribution is 2.55. The number of aryl methyl sites for hydroxylation is 2. The van der Waals surface area contributed by atoms with Crippen LogP contribution in [-0.4, -0.2) is 54.9 Å². The number of aliphatic hydroxyl groups is 4. The predicted octanol–water partition coefficient (Wildman–Crippen LogP) is 5.88. The molecule has 2 aromatic rings. The van der Waals surface area contributed by atoms with Crippen molar-refractivity contribution in [3.63, 3.8) is 0 Å². The highest BCUT2D eigenvalue weighted by atomic mass is 31.2. The molecule has 43 heavy (non-hydrogen) atoms. The summed E-state index contributed by atoms with van der Waals surface area (Å²) in [5.74, 6) is 0. The second-order valence-corrected chi connectivity index (χ2v) is 16.7. The molecule has 0 unspecified atom stereocenters. The van der Waals surface area contributed by atoms with E-state index in [4.69, 9.17) is 14.7 Å². The molecule has 0 bridgehead atoms. The molecule has 0 radical (unpaired) electrons. The Hall–Kier alpha value is -1.41.